The summed E-state index contributed by atoms with van der Waals surface area (Å²) in [7, 11) is 0. The lowest BCUT2D eigenvalue weighted by molar-refractivity contribution is -0.119. The van der Waals surface area contributed by atoms with Gasteiger partial charge < -0.3 is 15.5 Å². The first-order valence-corrected chi connectivity index (χ1v) is 6.49. The zero-order valence-electron chi connectivity index (χ0n) is 10.3. The summed E-state index contributed by atoms with van der Waals surface area (Å²) in [4.78, 5) is 22.3. The standard InChI is InChI=1S/C12H17NO4S/c1-7(14)11-5-9(6-18-11)12(17)10(16)3-4-13-8(2)15/h5-6,10,12,16-17H,3-4H2,1-2H3,(H,13,15). The van der Waals surface area contributed by atoms with E-state index in [1.54, 1.807) is 11.4 Å². The van der Waals surface area contributed by atoms with E-state index in [1.165, 1.54) is 25.2 Å². The number of aliphatic hydroxyl groups excluding tert-OH is 2. The first-order chi connectivity index (χ1) is 8.41. The van der Waals surface area contributed by atoms with Crippen LogP contribution in [0, 0.1) is 0 Å². The van der Waals surface area contributed by atoms with Gasteiger partial charge in [-0.05, 0) is 30.4 Å². The third kappa shape index (κ3) is 4.21. The van der Waals surface area contributed by atoms with Crippen molar-refractivity contribution in [1.82, 2.24) is 5.32 Å². The molecule has 2 unspecified atom stereocenters. The highest BCUT2D eigenvalue weighted by Crippen LogP contribution is 2.24. The summed E-state index contributed by atoms with van der Waals surface area (Å²) in [6, 6.07) is 1.58. The Morgan fingerprint density at radius 2 is 2.06 bits per heavy atom. The van der Waals surface area contributed by atoms with Crippen LogP contribution in [0.2, 0.25) is 0 Å². The van der Waals surface area contributed by atoms with Crippen LogP contribution in [0.15, 0.2) is 11.4 Å². The fourth-order valence-corrected chi connectivity index (χ4v) is 2.31. The van der Waals surface area contributed by atoms with Crippen LogP contribution in [0.25, 0.3) is 0 Å². The molecule has 0 bridgehead atoms. The maximum Gasteiger partial charge on any atom is 0.216 e. The Labute approximate surface area is 109 Å². The topological polar surface area (TPSA) is 86.6 Å². The molecule has 0 aliphatic carbocycles. The van der Waals surface area contributed by atoms with E-state index >= 15 is 0 Å². The van der Waals surface area contributed by atoms with E-state index in [0.717, 1.165) is 0 Å². The van der Waals surface area contributed by atoms with Crippen LogP contribution in [0.4, 0.5) is 0 Å². The Kier molecular flexibility index (Phi) is 5.46. The second kappa shape index (κ2) is 6.63. The van der Waals surface area contributed by atoms with Gasteiger partial charge in [-0.3, -0.25) is 9.59 Å². The van der Waals surface area contributed by atoms with Crippen LogP contribution in [-0.2, 0) is 4.79 Å². The van der Waals surface area contributed by atoms with Gasteiger partial charge in [-0.15, -0.1) is 11.3 Å². The molecule has 0 aliphatic heterocycles. The number of ketones is 1. The van der Waals surface area contributed by atoms with E-state index in [-0.39, 0.29) is 18.1 Å². The molecule has 0 aromatic carbocycles. The molecule has 3 N–H and O–H groups in total. The van der Waals surface area contributed by atoms with Gasteiger partial charge in [-0.25, -0.2) is 0 Å². The molecule has 0 fully saturated rings. The number of nitrogens with one attached hydrogen (secondary N) is 1. The largest absolute Gasteiger partial charge is 0.390 e. The Hall–Kier alpha value is -1.24. The third-order valence-electron chi connectivity index (χ3n) is 2.49. The molecule has 18 heavy (non-hydrogen) atoms. The molecule has 1 amide bonds. The van der Waals surface area contributed by atoms with E-state index in [2.05, 4.69) is 5.32 Å². The number of thiophene rings is 1. The van der Waals surface area contributed by atoms with Gasteiger partial charge in [0.15, 0.2) is 5.78 Å². The van der Waals surface area contributed by atoms with Gasteiger partial charge in [0.1, 0.15) is 6.10 Å². The van der Waals surface area contributed by atoms with Crippen molar-refractivity contribution in [2.24, 2.45) is 0 Å². The summed E-state index contributed by atoms with van der Waals surface area (Å²) in [5.74, 6) is -0.239. The van der Waals surface area contributed by atoms with Crippen molar-refractivity contribution < 1.29 is 19.8 Å². The molecule has 2 atom stereocenters. The molecule has 1 aromatic heterocycles. The maximum absolute atomic E-state index is 11.1. The Balaban J connectivity index is 2.53. The minimum Gasteiger partial charge on any atom is -0.390 e. The zero-order valence-corrected chi connectivity index (χ0v) is 11.2. The minimum atomic E-state index is -1.04. The molecular formula is C12H17NO4S. The molecule has 0 saturated carbocycles. The SMILES string of the molecule is CC(=O)NCCC(O)C(O)c1csc(C(C)=O)c1. The fourth-order valence-electron chi connectivity index (χ4n) is 1.47. The number of Topliss-reactive ketones (excluding diaryl/α,β-unsaturated/α-hetero) is 1. The molecule has 5 nitrogen and oxygen atoms in total. The van der Waals surface area contributed by atoms with Gasteiger partial charge in [0, 0.05) is 13.5 Å². The number of carbonyl (C=O) groups excluding carboxylic acids is 2. The van der Waals surface area contributed by atoms with Gasteiger partial charge in [0.25, 0.3) is 0 Å². The number of rotatable bonds is 6. The molecule has 1 rings (SSSR count). The van der Waals surface area contributed by atoms with Crippen molar-refractivity contribution in [3.05, 3.63) is 21.9 Å². The lowest BCUT2D eigenvalue weighted by Gasteiger charge is -2.16. The van der Waals surface area contributed by atoms with Crippen molar-refractivity contribution in [3.63, 3.8) is 0 Å². The molecular weight excluding hydrogens is 254 g/mol. The van der Waals surface area contributed by atoms with Gasteiger partial charge in [-0.2, -0.15) is 0 Å². The van der Waals surface area contributed by atoms with Crippen LogP contribution < -0.4 is 5.32 Å². The van der Waals surface area contributed by atoms with E-state index < -0.39 is 12.2 Å². The predicted molar refractivity (Wildman–Crippen MR) is 68.6 cm³/mol. The summed E-state index contributed by atoms with van der Waals surface area (Å²) in [5, 5.41) is 23.8. The van der Waals surface area contributed by atoms with Gasteiger partial charge >= 0.3 is 0 Å². The lowest BCUT2D eigenvalue weighted by Crippen LogP contribution is -2.27. The third-order valence-corrected chi connectivity index (χ3v) is 3.54. The molecule has 1 aromatic rings. The quantitative estimate of drug-likeness (QED) is 0.670. The highest BCUT2D eigenvalue weighted by atomic mass is 32.1. The van der Waals surface area contributed by atoms with Crippen LogP contribution in [-0.4, -0.2) is 34.6 Å². The van der Waals surface area contributed by atoms with Crippen molar-refractivity contribution in [1.29, 1.82) is 0 Å². The maximum atomic E-state index is 11.1. The fraction of sp³-hybridized carbons (Fsp3) is 0.500. The summed E-state index contributed by atoms with van der Waals surface area (Å²) in [6.07, 6.45) is -1.75. The Morgan fingerprint density at radius 1 is 1.39 bits per heavy atom. The minimum absolute atomic E-state index is 0.0637. The lowest BCUT2D eigenvalue weighted by atomic mass is 10.0. The number of amides is 1. The normalized spacial score (nSPS) is 14.0. The summed E-state index contributed by atoms with van der Waals surface area (Å²) >= 11 is 1.24. The van der Waals surface area contributed by atoms with E-state index in [4.69, 9.17) is 0 Å². The molecule has 0 spiro atoms. The second-order valence-corrected chi connectivity index (χ2v) is 5.00. The monoisotopic (exact) mass is 271 g/mol. The second-order valence-electron chi connectivity index (χ2n) is 4.08. The number of hydrogen-bond acceptors (Lipinski definition) is 5. The molecule has 6 heteroatoms. The van der Waals surface area contributed by atoms with Gasteiger partial charge in [0.05, 0.1) is 11.0 Å². The first kappa shape index (κ1) is 14.8. The summed E-state index contributed by atoms with van der Waals surface area (Å²) in [6.45, 7) is 3.15. The van der Waals surface area contributed by atoms with Crippen LogP contribution in [0.5, 0.6) is 0 Å². The van der Waals surface area contributed by atoms with E-state index in [9.17, 15) is 19.8 Å². The summed E-state index contributed by atoms with van der Waals surface area (Å²) in [5.41, 5.74) is 0.528. The smallest absolute Gasteiger partial charge is 0.216 e. The van der Waals surface area contributed by atoms with Crippen LogP contribution in [0.3, 0.4) is 0 Å². The molecule has 0 saturated heterocycles. The van der Waals surface area contributed by atoms with Crippen molar-refractivity contribution >= 4 is 23.0 Å². The molecule has 1 heterocycles. The van der Waals surface area contributed by atoms with Crippen molar-refractivity contribution in [3.8, 4) is 0 Å². The van der Waals surface area contributed by atoms with E-state index in [1.807, 2.05) is 0 Å². The van der Waals surface area contributed by atoms with Crippen molar-refractivity contribution in [2.45, 2.75) is 32.5 Å². The van der Waals surface area contributed by atoms with Gasteiger partial charge in [0.2, 0.25) is 5.91 Å². The van der Waals surface area contributed by atoms with Gasteiger partial charge in [-0.1, -0.05) is 0 Å². The molecule has 0 radical (unpaired) electrons. The number of hydrogen-bond donors (Lipinski definition) is 3. The predicted octanol–water partition coefficient (Wildman–Crippen LogP) is 0.871. The first-order valence-electron chi connectivity index (χ1n) is 5.61. The highest BCUT2D eigenvalue weighted by Gasteiger charge is 2.20. The summed E-state index contributed by atoms with van der Waals surface area (Å²) < 4.78 is 0. The number of aliphatic hydroxyl groups is 2. The molecule has 100 valence electrons. The average molecular weight is 271 g/mol. The zero-order chi connectivity index (χ0) is 13.7. The molecule has 0 aliphatic rings. The Bertz CT molecular complexity index is 429. The van der Waals surface area contributed by atoms with E-state index in [0.29, 0.717) is 17.0 Å². The highest BCUT2D eigenvalue weighted by molar-refractivity contribution is 7.12. The number of carbonyl (C=O) groups is 2. The van der Waals surface area contributed by atoms with Crippen LogP contribution in [0.1, 0.15) is 41.6 Å². The van der Waals surface area contributed by atoms with Crippen molar-refractivity contribution in [2.75, 3.05) is 6.54 Å². The average Bonchev–Trinajstić information content (AvgIpc) is 2.76. The Morgan fingerprint density at radius 3 is 2.56 bits per heavy atom. The van der Waals surface area contributed by atoms with Crippen LogP contribution >= 0.6 is 11.3 Å².